The predicted molar refractivity (Wildman–Crippen MR) is 187 cm³/mol. The number of benzene rings is 3. The van der Waals surface area contributed by atoms with E-state index in [2.05, 4.69) is 16.0 Å². The number of aryl methyl sites for hydroxylation is 1. The van der Waals surface area contributed by atoms with Crippen LogP contribution in [0.5, 0.6) is 5.75 Å². The van der Waals surface area contributed by atoms with Gasteiger partial charge in [0.25, 0.3) is 0 Å². The first-order chi connectivity index (χ1) is 23.2. The third-order valence-electron chi connectivity index (χ3n) is 9.53. The van der Waals surface area contributed by atoms with Gasteiger partial charge in [-0.25, -0.2) is 0 Å². The van der Waals surface area contributed by atoms with Crippen LogP contribution in [0.3, 0.4) is 0 Å². The van der Waals surface area contributed by atoms with Crippen LogP contribution in [0.1, 0.15) is 49.8 Å². The lowest BCUT2D eigenvalue weighted by Gasteiger charge is -2.36. The summed E-state index contributed by atoms with van der Waals surface area (Å²) in [5, 5.41) is 20.9. The molecule has 0 aliphatic carbocycles. The van der Waals surface area contributed by atoms with Crippen LogP contribution in [0.25, 0.3) is 0 Å². The van der Waals surface area contributed by atoms with Crippen LogP contribution in [0.2, 0.25) is 0 Å². The first-order valence-corrected chi connectivity index (χ1v) is 16.9. The molecule has 3 aromatic carbocycles. The van der Waals surface area contributed by atoms with Gasteiger partial charge in [-0.05, 0) is 60.4 Å². The molecule has 0 aromatic heterocycles. The van der Waals surface area contributed by atoms with E-state index in [9.17, 15) is 19.5 Å². The number of methoxy groups -OCH3 is 1. The molecule has 0 bridgehead atoms. The largest absolute Gasteiger partial charge is 0.497 e. The van der Waals surface area contributed by atoms with Crippen molar-refractivity contribution in [1.29, 1.82) is 0 Å². The molecule has 4 rings (SSSR count). The van der Waals surface area contributed by atoms with Crippen molar-refractivity contribution >= 4 is 17.7 Å². The Morgan fingerprint density at radius 1 is 1.00 bits per heavy atom. The van der Waals surface area contributed by atoms with Crippen LogP contribution < -0.4 is 26.4 Å². The van der Waals surface area contributed by atoms with Gasteiger partial charge in [0.15, 0.2) is 0 Å². The zero-order chi connectivity index (χ0) is 34.5. The number of nitrogens with two attached hydrogens (primary N) is 1. The highest BCUT2D eigenvalue weighted by Crippen LogP contribution is 2.34. The molecule has 1 fully saturated rings. The SMILES string of the molecule is CC[C@H](C)[C@@]1(NC(=O)CN)CCN([C@@H](CCc2ccccc2)C(=O)N[C@@H](Cc2ccccc2)[C@H](O)CNCc2cccc(OC)c2)C1=O. The number of likely N-dealkylation sites (tertiary alicyclic amines) is 1. The second kappa shape index (κ2) is 17.8. The van der Waals surface area contributed by atoms with E-state index in [1.165, 1.54) is 0 Å². The molecule has 10 nitrogen and oxygen atoms in total. The lowest BCUT2D eigenvalue weighted by atomic mass is 9.81. The number of nitrogens with one attached hydrogen (secondary N) is 3. The van der Waals surface area contributed by atoms with Crippen LogP contribution in [-0.4, -0.2) is 78.2 Å². The Morgan fingerprint density at radius 2 is 1.67 bits per heavy atom. The highest BCUT2D eigenvalue weighted by molar-refractivity contribution is 5.97. The molecule has 0 spiro atoms. The van der Waals surface area contributed by atoms with E-state index in [1.807, 2.05) is 98.8 Å². The first-order valence-electron chi connectivity index (χ1n) is 16.9. The summed E-state index contributed by atoms with van der Waals surface area (Å²) in [6.45, 7) is 4.75. The van der Waals surface area contributed by atoms with Crippen molar-refractivity contribution in [3.63, 3.8) is 0 Å². The molecule has 48 heavy (non-hydrogen) atoms. The summed E-state index contributed by atoms with van der Waals surface area (Å²) >= 11 is 0. The molecule has 1 saturated heterocycles. The Bertz CT molecular complexity index is 1470. The Labute approximate surface area is 284 Å². The van der Waals surface area contributed by atoms with Gasteiger partial charge in [0, 0.05) is 19.6 Å². The van der Waals surface area contributed by atoms with Crippen molar-refractivity contribution in [3.8, 4) is 5.75 Å². The number of hydrogen-bond donors (Lipinski definition) is 5. The minimum atomic E-state index is -1.14. The van der Waals surface area contributed by atoms with Gasteiger partial charge in [0.05, 0.1) is 25.8 Å². The molecule has 0 radical (unpaired) electrons. The number of carbonyl (C=O) groups is 3. The lowest BCUT2D eigenvalue weighted by molar-refractivity contribution is -0.144. The second-order valence-corrected chi connectivity index (χ2v) is 12.7. The fourth-order valence-corrected chi connectivity index (χ4v) is 6.50. The van der Waals surface area contributed by atoms with E-state index in [1.54, 1.807) is 12.0 Å². The van der Waals surface area contributed by atoms with Crippen LogP contribution in [0.4, 0.5) is 0 Å². The zero-order valence-corrected chi connectivity index (χ0v) is 28.4. The minimum absolute atomic E-state index is 0.161. The molecule has 1 aliphatic rings. The molecule has 6 N–H and O–H groups in total. The highest BCUT2D eigenvalue weighted by Gasteiger charge is 2.53. The number of rotatable bonds is 18. The monoisotopic (exact) mass is 657 g/mol. The maximum atomic E-state index is 14.3. The number of aliphatic hydroxyl groups is 1. The van der Waals surface area contributed by atoms with Crippen molar-refractivity contribution in [2.45, 2.75) is 76.2 Å². The first kappa shape index (κ1) is 36.6. The zero-order valence-electron chi connectivity index (χ0n) is 28.4. The topological polar surface area (TPSA) is 146 Å². The quantitative estimate of drug-likeness (QED) is 0.141. The summed E-state index contributed by atoms with van der Waals surface area (Å²) in [6.07, 6.45) is 1.47. The summed E-state index contributed by atoms with van der Waals surface area (Å²) in [5.41, 5.74) is 7.53. The van der Waals surface area contributed by atoms with E-state index in [0.29, 0.717) is 45.2 Å². The van der Waals surface area contributed by atoms with Crippen molar-refractivity contribution < 1.29 is 24.2 Å². The van der Waals surface area contributed by atoms with Crippen LogP contribution >= 0.6 is 0 Å². The Balaban J connectivity index is 1.57. The second-order valence-electron chi connectivity index (χ2n) is 12.7. The van der Waals surface area contributed by atoms with Crippen molar-refractivity contribution in [3.05, 3.63) is 102 Å². The van der Waals surface area contributed by atoms with Crippen molar-refractivity contribution in [2.75, 3.05) is 26.7 Å². The van der Waals surface area contributed by atoms with Gasteiger partial charge < -0.3 is 36.4 Å². The molecule has 3 amide bonds. The molecule has 5 atom stereocenters. The summed E-state index contributed by atoms with van der Waals surface area (Å²) < 4.78 is 5.33. The minimum Gasteiger partial charge on any atom is -0.497 e. The fourth-order valence-electron chi connectivity index (χ4n) is 6.50. The summed E-state index contributed by atoms with van der Waals surface area (Å²) in [6, 6.07) is 25.8. The number of nitrogens with zero attached hydrogens (tertiary/aromatic N) is 1. The molecule has 0 saturated carbocycles. The maximum Gasteiger partial charge on any atom is 0.249 e. The number of hydrogen-bond acceptors (Lipinski definition) is 7. The summed E-state index contributed by atoms with van der Waals surface area (Å²) in [7, 11) is 1.62. The summed E-state index contributed by atoms with van der Waals surface area (Å²) in [5.74, 6) is -0.416. The van der Waals surface area contributed by atoms with Gasteiger partial charge in [0.2, 0.25) is 17.7 Å². The molecular formula is C38H51N5O5. The highest BCUT2D eigenvalue weighted by atomic mass is 16.5. The standard InChI is InChI=1S/C38H51N5O5/c1-4-27(2)38(42-35(45)24-39)20-21-43(37(38)47)33(19-18-28-12-7-5-8-13-28)36(46)41-32(23-29-14-9-6-10-15-29)34(44)26-40-25-30-16-11-17-31(22-30)48-3/h5-17,22,27,32-34,40,44H,4,18-21,23-26,39H2,1-3H3,(H,41,46)(H,42,45)/t27-,32-,33-,34+,38-/m0/s1. The van der Waals surface area contributed by atoms with Crippen LogP contribution in [-0.2, 0) is 33.8 Å². The average molecular weight is 658 g/mol. The molecular weight excluding hydrogens is 606 g/mol. The van der Waals surface area contributed by atoms with E-state index in [4.69, 9.17) is 10.5 Å². The van der Waals surface area contributed by atoms with Gasteiger partial charge in [-0.3, -0.25) is 14.4 Å². The van der Waals surface area contributed by atoms with E-state index in [-0.39, 0.29) is 30.8 Å². The van der Waals surface area contributed by atoms with Crippen LogP contribution in [0, 0.1) is 5.92 Å². The Kier molecular flexibility index (Phi) is 13.5. The number of ether oxygens (including phenoxy) is 1. The molecule has 1 aliphatic heterocycles. The molecule has 3 aromatic rings. The van der Waals surface area contributed by atoms with E-state index in [0.717, 1.165) is 22.4 Å². The molecule has 258 valence electrons. The molecule has 1 heterocycles. The van der Waals surface area contributed by atoms with Crippen molar-refractivity contribution in [2.24, 2.45) is 11.7 Å². The number of aliphatic hydroxyl groups excluding tert-OH is 1. The summed E-state index contributed by atoms with van der Waals surface area (Å²) in [4.78, 5) is 42.8. The van der Waals surface area contributed by atoms with Gasteiger partial charge in [0.1, 0.15) is 17.3 Å². The smallest absolute Gasteiger partial charge is 0.249 e. The van der Waals surface area contributed by atoms with Gasteiger partial charge in [-0.1, -0.05) is 93.1 Å². The van der Waals surface area contributed by atoms with E-state index >= 15 is 0 Å². The molecule has 0 unspecified atom stereocenters. The molecule has 10 heteroatoms. The van der Waals surface area contributed by atoms with Gasteiger partial charge >= 0.3 is 0 Å². The maximum absolute atomic E-state index is 14.3. The fraction of sp³-hybridized carbons (Fsp3) is 0.447. The normalized spacial score (nSPS) is 18.5. The third-order valence-corrected chi connectivity index (χ3v) is 9.53. The van der Waals surface area contributed by atoms with E-state index < -0.39 is 29.6 Å². The number of carbonyl (C=O) groups excluding carboxylic acids is 3. The Hall–Kier alpha value is -4.25. The Morgan fingerprint density at radius 3 is 2.31 bits per heavy atom. The van der Waals surface area contributed by atoms with Crippen molar-refractivity contribution in [1.82, 2.24) is 20.9 Å². The lowest BCUT2D eigenvalue weighted by Crippen LogP contribution is -2.61. The number of amides is 3. The average Bonchev–Trinajstić information content (AvgIpc) is 3.44. The van der Waals surface area contributed by atoms with Gasteiger partial charge in [-0.15, -0.1) is 0 Å². The van der Waals surface area contributed by atoms with Gasteiger partial charge in [-0.2, -0.15) is 0 Å². The third kappa shape index (κ3) is 9.43. The van der Waals surface area contributed by atoms with Crippen LogP contribution in [0.15, 0.2) is 84.9 Å². The predicted octanol–water partition coefficient (Wildman–Crippen LogP) is 2.97.